The fourth-order valence-electron chi connectivity index (χ4n) is 1.51. The summed E-state index contributed by atoms with van der Waals surface area (Å²) in [4.78, 5) is 0. The molecule has 0 heterocycles. The maximum absolute atomic E-state index is 13.9. The van der Waals surface area contributed by atoms with Crippen LogP contribution in [0.4, 0.5) is 4.39 Å². The number of benzene rings is 1. The smallest absolute Gasteiger partial charge is 0.166 e. The number of nitrogens with two attached hydrogens (primary N) is 1. The van der Waals surface area contributed by atoms with Crippen LogP contribution in [0.25, 0.3) is 0 Å². The van der Waals surface area contributed by atoms with Crippen LogP contribution < -0.4 is 15.2 Å². The fourth-order valence-corrected chi connectivity index (χ4v) is 1.96. The van der Waals surface area contributed by atoms with E-state index in [-0.39, 0.29) is 5.82 Å². The normalized spacial score (nSPS) is 10.3. The second-order valence-electron chi connectivity index (χ2n) is 3.28. The third-order valence-corrected chi connectivity index (χ3v) is 2.86. The van der Waals surface area contributed by atoms with Crippen LogP contribution in [0.2, 0.25) is 0 Å². The third-order valence-electron chi connectivity index (χ3n) is 2.29. The lowest BCUT2D eigenvalue weighted by molar-refractivity contribution is 0.347. The first-order valence-electron chi connectivity index (χ1n) is 4.94. The highest BCUT2D eigenvalue weighted by Crippen LogP contribution is 2.37. The second kappa shape index (κ2) is 6.06. The van der Waals surface area contributed by atoms with Gasteiger partial charge in [0, 0.05) is 11.6 Å². The summed E-state index contributed by atoms with van der Waals surface area (Å²) in [6, 6.07) is 1.56. The molecule has 0 aliphatic carbocycles. The van der Waals surface area contributed by atoms with Crippen LogP contribution in [0.1, 0.15) is 12.0 Å². The molecule has 0 atom stereocenters. The Morgan fingerprint density at radius 3 is 2.56 bits per heavy atom. The molecule has 0 aliphatic rings. The van der Waals surface area contributed by atoms with E-state index in [9.17, 15) is 4.39 Å². The predicted molar refractivity (Wildman–Crippen MR) is 64.6 cm³/mol. The van der Waals surface area contributed by atoms with Gasteiger partial charge in [-0.15, -0.1) is 0 Å². The van der Waals surface area contributed by atoms with Crippen LogP contribution in [0, 0.1) is 5.82 Å². The Bertz CT molecular complexity index is 371. The molecule has 1 aromatic rings. The minimum atomic E-state index is -0.314. The Balaban J connectivity index is 3.23. The standard InChI is InChI=1S/C11H15BrFNO2/c1-15-9-6-8(12)10(13)7(4-3-5-14)11(9)16-2/h6H,3-5,14H2,1-2H3. The van der Waals surface area contributed by atoms with E-state index in [1.807, 2.05) is 0 Å². The van der Waals surface area contributed by atoms with Gasteiger partial charge in [-0.2, -0.15) is 0 Å². The van der Waals surface area contributed by atoms with Gasteiger partial charge in [0.05, 0.1) is 18.7 Å². The molecule has 0 saturated heterocycles. The van der Waals surface area contributed by atoms with Gasteiger partial charge in [0.25, 0.3) is 0 Å². The van der Waals surface area contributed by atoms with Crippen LogP contribution in [0.15, 0.2) is 10.5 Å². The zero-order chi connectivity index (χ0) is 12.1. The highest BCUT2D eigenvalue weighted by Gasteiger charge is 2.18. The first-order chi connectivity index (χ1) is 7.65. The van der Waals surface area contributed by atoms with E-state index in [4.69, 9.17) is 15.2 Å². The Labute approximate surface area is 103 Å². The minimum Gasteiger partial charge on any atom is -0.493 e. The molecular formula is C11H15BrFNO2. The van der Waals surface area contributed by atoms with E-state index in [0.29, 0.717) is 40.9 Å². The first kappa shape index (κ1) is 13.3. The SMILES string of the molecule is COc1cc(Br)c(F)c(CCCN)c1OC. The molecule has 16 heavy (non-hydrogen) atoms. The molecule has 90 valence electrons. The average Bonchev–Trinajstić information content (AvgIpc) is 2.30. The van der Waals surface area contributed by atoms with Crippen molar-refractivity contribution < 1.29 is 13.9 Å². The highest BCUT2D eigenvalue weighted by atomic mass is 79.9. The first-order valence-corrected chi connectivity index (χ1v) is 5.73. The number of hydrogen-bond acceptors (Lipinski definition) is 3. The molecule has 0 spiro atoms. The summed E-state index contributed by atoms with van der Waals surface area (Å²) >= 11 is 3.15. The minimum absolute atomic E-state index is 0.314. The van der Waals surface area contributed by atoms with Crippen molar-refractivity contribution >= 4 is 15.9 Å². The largest absolute Gasteiger partial charge is 0.493 e. The number of rotatable bonds is 5. The molecule has 0 aromatic heterocycles. The van der Waals surface area contributed by atoms with E-state index >= 15 is 0 Å². The summed E-state index contributed by atoms with van der Waals surface area (Å²) in [6.07, 6.45) is 1.23. The van der Waals surface area contributed by atoms with Crippen molar-refractivity contribution in [3.63, 3.8) is 0 Å². The third kappa shape index (κ3) is 2.65. The zero-order valence-electron chi connectivity index (χ0n) is 9.35. The number of halogens is 2. The van der Waals surface area contributed by atoms with E-state index < -0.39 is 0 Å². The lowest BCUT2D eigenvalue weighted by Crippen LogP contribution is -2.05. The summed E-state index contributed by atoms with van der Waals surface area (Å²) in [7, 11) is 3.02. The maximum atomic E-state index is 13.9. The lowest BCUT2D eigenvalue weighted by atomic mass is 10.1. The Hall–Kier alpha value is -0.810. The predicted octanol–water partition coefficient (Wildman–Crippen LogP) is 2.50. The number of methoxy groups -OCH3 is 2. The van der Waals surface area contributed by atoms with Gasteiger partial charge < -0.3 is 15.2 Å². The maximum Gasteiger partial charge on any atom is 0.166 e. The van der Waals surface area contributed by atoms with Crippen LogP contribution in [0.5, 0.6) is 11.5 Å². The van der Waals surface area contributed by atoms with Gasteiger partial charge in [0.2, 0.25) is 0 Å². The van der Waals surface area contributed by atoms with E-state index in [1.54, 1.807) is 6.07 Å². The molecule has 2 N–H and O–H groups in total. The van der Waals surface area contributed by atoms with Crippen molar-refractivity contribution in [1.82, 2.24) is 0 Å². The summed E-state index contributed by atoms with van der Waals surface area (Å²) in [6.45, 7) is 0.511. The van der Waals surface area contributed by atoms with E-state index in [2.05, 4.69) is 15.9 Å². The molecule has 1 aromatic carbocycles. The molecule has 0 amide bonds. The number of hydrogen-bond donors (Lipinski definition) is 1. The van der Waals surface area contributed by atoms with Crippen molar-refractivity contribution in [2.75, 3.05) is 20.8 Å². The second-order valence-corrected chi connectivity index (χ2v) is 4.13. The zero-order valence-corrected chi connectivity index (χ0v) is 10.9. The van der Waals surface area contributed by atoms with Gasteiger partial charge in [-0.3, -0.25) is 0 Å². The molecule has 3 nitrogen and oxygen atoms in total. The molecule has 0 unspecified atom stereocenters. The molecule has 0 aliphatic heterocycles. The van der Waals surface area contributed by atoms with Crippen LogP contribution in [-0.4, -0.2) is 20.8 Å². The molecule has 5 heteroatoms. The highest BCUT2D eigenvalue weighted by molar-refractivity contribution is 9.10. The molecule has 1 rings (SSSR count). The van der Waals surface area contributed by atoms with E-state index in [1.165, 1.54) is 14.2 Å². The van der Waals surface area contributed by atoms with Crippen LogP contribution in [-0.2, 0) is 6.42 Å². The van der Waals surface area contributed by atoms with Gasteiger partial charge in [-0.25, -0.2) is 4.39 Å². The van der Waals surface area contributed by atoms with Gasteiger partial charge in [0.15, 0.2) is 11.5 Å². The molecular weight excluding hydrogens is 277 g/mol. The van der Waals surface area contributed by atoms with Crippen molar-refractivity contribution in [3.05, 3.63) is 21.9 Å². The van der Waals surface area contributed by atoms with Crippen molar-refractivity contribution in [2.45, 2.75) is 12.8 Å². The molecule has 0 bridgehead atoms. The quantitative estimate of drug-likeness (QED) is 0.907. The van der Waals surface area contributed by atoms with Crippen molar-refractivity contribution in [3.8, 4) is 11.5 Å². The summed E-state index contributed by atoms with van der Waals surface area (Å²) in [5.74, 6) is 0.644. The summed E-state index contributed by atoms with van der Waals surface area (Å²) in [5, 5.41) is 0. The van der Waals surface area contributed by atoms with Crippen LogP contribution >= 0.6 is 15.9 Å². The van der Waals surface area contributed by atoms with Gasteiger partial charge in [-0.05, 0) is 35.3 Å². The Morgan fingerprint density at radius 2 is 2.06 bits per heavy atom. The molecule has 0 saturated carbocycles. The molecule has 0 fully saturated rings. The fraction of sp³-hybridized carbons (Fsp3) is 0.455. The van der Waals surface area contributed by atoms with E-state index in [0.717, 1.165) is 0 Å². The summed E-state index contributed by atoms with van der Waals surface area (Å²) < 4.78 is 24.6. The monoisotopic (exact) mass is 291 g/mol. The van der Waals surface area contributed by atoms with Crippen molar-refractivity contribution in [1.29, 1.82) is 0 Å². The number of ether oxygens (including phenoxy) is 2. The average molecular weight is 292 g/mol. The van der Waals surface area contributed by atoms with Crippen LogP contribution in [0.3, 0.4) is 0 Å². The van der Waals surface area contributed by atoms with Gasteiger partial charge in [0.1, 0.15) is 5.82 Å². The van der Waals surface area contributed by atoms with Gasteiger partial charge in [-0.1, -0.05) is 0 Å². The Kier molecular flexibility index (Phi) is 5.02. The lowest BCUT2D eigenvalue weighted by Gasteiger charge is -2.14. The van der Waals surface area contributed by atoms with Gasteiger partial charge >= 0.3 is 0 Å². The Morgan fingerprint density at radius 1 is 1.38 bits per heavy atom. The topological polar surface area (TPSA) is 44.5 Å². The summed E-state index contributed by atoms with van der Waals surface area (Å²) in [5.41, 5.74) is 5.92. The molecule has 0 radical (unpaired) electrons. The van der Waals surface area contributed by atoms with Crippen molar-refractivity contribution in [2.24, 2.45) is 5.73 Å².